The minimum Gasteiger partial charge on any atom is -0.469 e. The number of methoxy groups -OCH3 is 1. The fourth-order valence-electron chi connectivity index (χ4n) is 2.33. The highest BCUT2D eigenvalue weighted by Gasteiger charge is 2.45. The van der Waals surface area contributed by atoms with Crippen molar-refractivity contribution in [2.45, 2.75) is 31.0 Å². The Hall–Kier alpha value is -1.20. The maximum absolute atomic E-state index is 12.0. The number of nitrogens with zero attached hydrogens (tertiary/aromatic N) is 1. The van der Waals surface area contributed by atoms with Crippen molar-refractivity contribution in [2.24, 2.45) is 0 Å². The van der Waals surface area contributed by atoms with E-state index >= 15 is 0 Å². The lowest BCUT2D eigenvalue weighted by Gasteiger charge is -2.18. The van der Waals surface area contributed by atoms with E-state index in [0.29, 0.717) is 0 Å². The van der Waals surface area contributed by atoms with E-state index in [0.717, 1.165) is 17.9 Å². The Morgan fingerprint density at radius 2 is 2.04 bits per heavy atom. The third-order valence-electron chi connectivity index (χ3n) is 3.60. The molecule has 1 aliphatic heterocycles. The number of carbonyl (C=O) groups excluding carboxylic acids is 1. The second-order valence-electron chi connectivity index (χ2n) is 5.33. The van der Waals surface area contributed by atoms with Crippen LogP contribution in [-0.2, 0) is 29.8 Å². The second-order valence-corrected chi connectivity index (χ2v) is 9.61. The standard InChI is InChI=1S/C12H15Cl2N2O9P/c1-23-7(17)2-5-3-16(12(21)15-10(5)20)11-9(19)8(18)6(25-11)4-24-26(13,14)22/h3,6,8-9,11,18-19H,2,4H2,1H3,(H,15,20,21). The molecule has 14 heteroatoms. The SMILES string of the molecule is COC(=O)Cc1cn(C2OC(COP(=O)(Cl)Cl)C(O)C2O)c(=O)[nH]c1=O. The molecule has 1 fully saturated rings. The van der Waals surface area contributed by atoms with Gasteiger partial charge in [0.25, 0.3) is 5.56 Å². The lowest BCUT2D eigenvalue weighted by Crippen LogP contribution is -2.39. The zero-order chi connectivity index (χ0) is 19.6. The van der Waals surface area contributed by atoms with Crippen LogP contribution in [0.3, 0.4) is 0 Å². The summed E-state index contributed by atoms with van der Waals surface area (Å²) >= 11 is 10.5. The van der Waals surface area contributed by atoms with Crippen LogP contribution in [0.2, 0.25) is 0 Å². The molecule has 3 N–H and O–H groups in total. The Morgan fingerprint density at radius 1 is 1.38 bits per heavy atom. The van der Waals surface area contributed by atoms with Gasteiger partial charge in [-0.15, -0.1) is 0 Å². The topological polar surface area (TPSA) is 157 Å². The zero-order valence-electron chi connectivity index (χ0n) is 13.2. The summed E-state index contributed by atoms with van der Waals surface area (Å²) in [5, 5.41) is 20.1. The van der Waals surface area contributed by atoms with Crippen LogP contribution < -0.4 is 11.2 Å². The number of hydrogen-bond donors (Lipinski definition) is 3. The molecule has 0 spiro atoms. The molecule has 4 unspecified atom stereocenters. The number of hydrogen-bond acceptors (Lipinski definition) is 9. The summed E-state index contributed by atoms with van der Waals surface area (Å²) in [5.41, 5.74) is -1.87. The van der Waals surface area contributed by atoms with Crippen LogP contribution in [0, 0.1) is 0 Å². The van der Waals surface area contributed by atoms with E-state index in [1.807, 2.05) is 4.98 Å². The van der Waals surface area contributed by atoms with Crippen molar-refractivity contribution < 1.29 is 33.6 Å². The highest BCUT2D eigenvalue weighted by atomic mass is 35.9. The molecule has 1 aromatic rings. The van der Waals surface area contributed by atoms with Crippen LogP contribution in [0.25, 0.3) is 0 Å². The summed E-state index contributed by atoms with van der Waals surface area (Å²) in [4.78, 5) is 37.1. The number of esters is 1. The molecule has 2 rings (SSSR count). The Morgan fingerprint density at radius 3 is 2.62 bits per heavy atom. The maximum Gasteiger partial charge on any atom is 0.380 e. The predicted octanol–water partition coefficient (Wildman–Crippen LogP) is -0.526. The van der Waals surface area contributed by atoms with Crippen LogP contribution in [-0.4, -0.2) is 57.8 Å². The monoisotopic (exact) mass is 432 g/mol. The first-order chi connectivity index (χ1) is 12.0. The first kappa shape index (κ1) is 21.1. The molecule has 0 amide bonds. The molecule has 11 nitrogen and oxygen atoms in total. The van der Waals surface area contributed by atoms with Gasteiger partial charge in [-0.1, -0.05) is 0 Å². The van der Waals surface area contributed by atoms with E-state index < -0.39 is 60.9 Å². The minimum absolute atomic E-state index is 0.118. The summed E-state index contributed by atoms with van der Waals surface area (Å²) < 4.78 is 26.4. The van der Waals surface area contributed by atoms with Gasteiger partial charge in [-0.2, -0.15) is 0 Å². The molecular weight excluding hydrogens is 418 g/mol. The normalized spacial score (nSPS) is 26.0. The molecule has 0 saturated carbocycles. The zero-order valence-corrected chi connectivity index (χ0v) is 15.6. The summed E-state index contributed by atoms with van der Waals surface area (Å²) in [5.74, 6) is -0.722. The number of aromatic nitrogens is 2. The summed E-state index contributed by atoms with van der Waals surface area (Å²) in [6.45, 7) is -0.522. The third kappa shape index (κ3) is 4.95. The van der Waals surface area contributed by atoms with E-state index in [9.17, 15) is 29.2 Å². The van der Waals surface area contributed by atoms with Gasteiger partial charge in [-0.05, 0) is 22.5 Å². The van der Waals surface area contributed by atoms with Gasteiger partial charge in [0, 0.05) is 11.8 Å². The number of nitrogens with one attached hydrogen (secondary N) is 1. The Labute approximate surface area is 155 Å². The molecule has 1 aliphatic rings. The van der Waals surface area contributed by atoms with Gasteiger partial charge in [-0.25, -0.2) is 4.79 Å². The van der Waals surface area contributed by atoms with Crippen molar-refractivity contribution in [3.63, 3.8) is 0 Å². The predicted molar refractivity (Wildman–Crippen MR) is 88.2 cm³/mol. The molecule has 1 aromatic heterocycles. The van der Waals surface area contributed by atoms with Crippen molar-refractivity contribution in [3.05, 3.63) is 32.6 Å². The number of rotatable bonds is 6. The van der Waals surface area contributed by atoms with Gasteiger partial charge in [0.2, 0.25) is 0 Å². The largest absolute Gasteiger partial charge is 0.469 e. The van der Waals surface area contributed by atoms with Crippen molar-refractivity contribution in [3.8, 4) is 0 Å². The van der Waals surface area contributed by atoms with Crippen LogP contribution in [0.4, 0.5) is 0 Å². The molecule has 4 atom stereocenters. The molecule has 0 aliphatic carbocycles. The van der Waals surface area contributed by atoms with Crippen molar-refractivity contribution in [1.82, 2.24) is 9.55 Å². The Kier molecular flexibility index (Phi) is 6.67. The molecular formula is C12H15Cl2N2O9P. The quantitative estimate of drug-likeness (QED) is 0.396. The number of H-pyrrole nitrogens is 1. The average Bonchev–Trinajstić information content (AvgIpc) is 2.82. The van der Waals surface area contributed by atoms with E-state index in [-0.39, 0.29) is 5.56 Å². The third-order valence-corrected chi connectivity index (χ3v) is 4.64. The number of carbonyl (C=O) groups is 1. The van der Waals surface area contributed by atoms with Crippen molar-refractivity contribution in [1.29, 1.82) is 0 Å². The van der Waals surface area contributed by atoms with Crippen molar-refractivity contribution >= 4 is 34.5 Å². The number of halogens is 2. The number of aromatic amines is 1. The highest BCUT2D eigenvalue weighted by Crippen LogP contribution is 2.57. The van der Waals surface area contributed by atoms with Gasteiger partial charge < -0.3 is 24.2 Å². The second kappa shape index (κ2) is 8.22. The van der Waals surface area contributed by atoms with Crippen LogP contribution in [0.5, 0.6) is 0 Å². The van der Waals surface area contributed by atoms with Crippen molar-refractivity contribution in [2.75, 3.05) is 13.7 Å². The molecule has 2 heterocycles. The van der Waals surface area contributed by atoms with E-state index in [2.05, 4.69) is 9.26 Å². The van der Waals surface area contributed by atoms with Crippen LogP contribution in [0.15, 0.2) is 15.8 Å². The van der Waals surface area contributed by atoms with E-state index in [1.54, 1.807) is 0 Å². The summed E-state index contributed by atoms with van der Waals surface area (Å²) in [6.07, 6.45) is -9.05. The van der Waals surface area contributed by atoms with Crippen LogP contribution in [0.1, 0.15) is 11.8 Å². The lowest BCUT2D eigenvalue weighted by molar-refractivity contribution is -0.139. The number of aliphatic hydroxyl groups excluding tert-OH is 2. The molecule has 1 saturated heterocycles. The summed E-state index contributed by atoms with van der Waals surface area (Å²) in [6, 6.07) is 0. The minimum atomic E-state index is -3.90. The maximum atomic E-state index is 12.0. The smallest absolute Gasteiger partial charge is 0.380 e. The van der Waals surface area contributed by atoms with Crippen LogP contribution >= 0.6 is 28.6 Å². The van der Waals surface area contributed by atoms with E-state index in [4.69, 9.17) is 27.2 Å². The fourth-order valence-corrected chi connectivity index (χ4v) is 2.99. The highest BCUT2D eigenvalue weighted by molar-refractivity contribution is 8.05. The average molecular weight is 433 g/mol. The molecule has 26 heavy (non-hydrogen) atoms. The number of aliphatic hydroxyl groups is 2. The fraction of sp³-hybridized carbons (Fsp3) is 0.583. The lowest BCUT2D eigenvalue weighted by atomic mass is 10.1. The Bertz CT molecular complexity index is 835. The first-order valence-electron chi connectivity index (χ1n) is 7.10. The molecule has 0 bridgehead atoms. The van der Waals surface area contributed by atoms with E-state index in [1.165, 1.54) is 0 Å². The molecule has 0 radical (unpaired) electrons. The van der Waals surface area contributed by atoms with Gasteiger partial charge in [0.05, 0.1) is 20.1 Å². The Balaban J connectivity index is 2.28. The van der Waals surface area contributed by atoms with Gasteiger partial charge in [0.15, 0.2) is 6.23 Å². The summed E-state index contributed by atoms with van der Waals surface area (Å²) in [7, 11) is 1.13. The molecule has 146 valence electrons. The number of ether oxygens (including phenoxy) is 2. The molecule has 0 aromatic carbocycles. The van der Waals surface area contributed by atoms with Gasteiger partial charge in [0.1, 0.15) is 18.3 Å². The first-order valence-corrected chi connectivity index (χ1v) is 10.5. The van der Waals surface area contributed by atoms with Gasteiger partial charge in [-0.3, -0.25) is 23.7 Å². The van der Waals surface area contributed by atoms with Gasteiger partial charge >= 0.3 is 17.7 Å².